The number of furan rings is 1. The van der Waals surface area contributed by atoms with Gasteiger partial charge in [-0.25, -0.2) is 0 Å². The lowest BCUT2D eigenvalue weighted by Gasteiger charge is -2.34. The molecular formula is C25H27N3O3S. The smallest absolute Gasteiger partial charge is 0.264 e. The summed E-state index contributed by atoms with van der Waals surface area (Å²) in [6, 6.07) is 14.4. The molecule has 4 heterocycles. The molecule has 6 nitrogen and oxygen atoms in total. The van der Waals surface area contributed by atoms with Crippen LogP contribution >= 0.6 is 11.3 Å². The van der Waals surface area contributed by atoms with Crippen LogP contribution in [0.25, 0.3) is 0 Å². The molecule has 0 N–H and O–H groups in total. The zero-order chi connectivity index (χ0) is 22.2. The van der Waals surface area contributed by atoms with E-state index >= 15 is 0 Å². The maximum Gasteiger partial charge on any atom is 0.264 e. The molecule has 2 aliphatic rings. The summed E-state index contributed by atoms with van der Waals surface area (Å²) in [6.07, 6.45) is 2.61. The number of piperazine rings is 1. The number of carbonyl (C=O) groups excluding carboxylic acids is 2. The number of para-hydroxylation sites is 1. The molecule has 0 radical (unpaired) electrons. The Morgan fingerprint density at radius 1 is 1.00 bits per heavy atom. The standard InChI is InChI=1S/C25H27N3O3S/c1-17-15-19-5-3-4-6-21(19)28(17)16-22-20(9-14-31-22)24(29)26-10-12-27(13-11-26)25(30)23-8-7-18(2)32-23/h3-9,14,17H,10-13,15-16H2,1-2H3. The van der Waals surface area contributed by atoms with Crippen molar-refractivity contribution in [3.63, 3.8) is 0 Å². The molecule has 1 aromatic carbocycles. The fourth-order valence-corrected chi connectivity index (χ4v) is 5.50. The first-order valence-electron chi connectivity index (χ1n) is 11.1. The largest absolute Gasteiger partial charge is 0.467 e. The zero-order valence-electron chi connectivity index (χ0n) is 18.4. The molecular weight excluding hydrogens is 422 g/mol. The highest BCUT2D eigenvalue weighted by Gasteiger charge is 2.31. The van der Waals surface area contributed by atoms with Crippen molar-refractivity contribution < 1.29 is 14.0 Å². The van der Waals surface area contributed by atoms with Gasteiger partial charge in [0.05, 0.1) is 23.2 Å². The minimum atomic E-state index is -0.0204. The van der Waals surface area contributed by atoms with Gasteiger partial charge in [0.1, 0.15) is 5.76 Å². The number of anilines is 1. The minimum absolute atomic E-state index is 0.0204. The van der Waals surface area contributed by atoms with E-state index < -0.39 is 0 Å². The van der Waals surface area contributed by atoms with Crippen LogP contribution in [0, 0.1) is 6.92 Å². The molecule has 1 saturated heterocycles. The van der Waals surface area contributed by atoms with Gasteiger partial charge in [-0.05, 0) is 50.1 Å². The normalized spacial score (nSPS) is 18.2. The van der Waals surface area contributed by atoms with Crippen molar-refractivity contribution in [2.45, 2.75) is 32.9 Å². The van der Waals surface area contributed by atoms with Crippen LogP contribution in [0.3, 0.4) is 0 Å². The van der Waals surface area contributed by atoms with Crippen LogP contribution in [0.1, 0.15) is 43.2 Å². The van der Waals surface area contributed by atoms with Crippen LogP contribution < -0.4 is 4.90 Å². The summed E-state index contributed by atoms with van der Waals surface area (Å²) in [7, 11) is 0. The van der Waals surface area contributed by atoms with Crippen LogP contribution in [0.5, 0.6) is 0 Å². The Balaban J connectivity index is 1.25. The topological polar surface area (TPSA) is 57.0 Å². The van der Waals surface area contributed by atoms with Crippen molar-refractivity contribution in [3.05, 3.63) is 75.4 Å². The highest BCUT2D eigenvalue weighted by atomic mass is 32.1. The highest BCUT2D eigenvalue weighted by molar-refractivity contribution is 7.13. The summed E-state index contributed by atoms with van der Waals surface area (Å²) < 4.78 is 5.77. The molecule has 3 aromatic rings. The molecule has 2 amide bonds. The minimum Gasteiger partial charge on any atom is -0.467 e. The van der Waals surface area contributed by atoms with Gasteiger partial charge in [-0.2, -0.15) is 0 Å². The van der Waals surface area contributed by atoms with Crippen LogP contribution in [0.4, 0.5) is 5.69 Å². The van der Waals surface area contributed by atoms with Gasteiger partial charge in [0.25, 0.3) is 11.8 Å². The Kier molecular flexibility index (Phi) is 5.51. The molecule has 2 aliphatic heterocycles. The maximum absolute atomic E-state index is 13.3. The average molecular weight is 450 g/mol. The molecule has 1 fully saturated rings. The number of carbonyl (C=O) groups is 2. The van der Waals surface area contributed by atoms with E-state index in [9.17, 15) is 9.59 Å². The second kappa shape index (κ2) is 8.47. The molecule has 0 spiro atoms. The molecule has 32 heavy (non-hydrogen) atoms. The quantitative estimate of drug-likeness (QED) is 0.599. The lowest BCUT2D eigenvalue weighted by molar-refractivity contribution is 0.0536. The number of fused-ring (bicyclic) bond motifs is 1. The van der Waals surface area contributed by atoms with E-state index in [1.807, 2.05) is 28.9 Å². The third-order valence-electron chi connectivity index (χ3n) is 6.44. The number of hydrogen-bond donors (Lipinski definition) is 0. The predicted octanol–water partition coefficient (Wildman–Crippen LogP) is 4.20. The molecule has 0 bridgehead atoms. The number of benzene rings is 1. The lowest BCUT2D eigenvalue weighted by Crippen LogP contribution is -2.50. The number of hydrogen-bond acceptors (Lipinski definition) is 5. The van der Waals surface area contributed by atoms with Gasteiger partial charge in [0, 0.05) is 42.8 Å². The van der Waals surface area contributed by atoms with E-state index in [2.05, 4.69) is 36.1 Å². The highest BCUT2D eigenvalue weighted by Crippen LogP contribution is 2.33. The van der Waals surface area contributed by atoms with Crippen molar-refractivity contribution in [2.24, 2.45) is 0 Å². The summed E-state index contributed by atoms with van der Waals surface area (Å²) in [5.74, 6) is 0.736. The summed E-state index contributed by atoms with van der Waals surface area (Å²) in [5.41, 5.74) is 3.17. The van der Waals surface area contributed by atoms with Crippen molar-refractivity contribution in [1.82, 2.24) is 9.80 Å². The SMILES string of the molecule is Cc1ccc(C(=O)N2CCN(C(=O)c3ccoc3CN3c4ccccc4CC3C)CC2)s1. The zero-order valence-corrected chi connectivity index (χ0v) is 19.2. The number of thiophene rings is 1. The van der Waals surface area contributed by atoms with Crippen molar-refractivity contribution in [3.8, 4) is 0 Å². The van der Waals surface area contributed by atoms with Crippen LogP contribution in [0.15, 0.2) is 53.1 Å². The van der Waals surface area contributed by atoms with Crippen LogP contribution in [-0.4, -0.2) is 53.8 Å². The van der Waals surface area contributed by atoms with E-state index in [-0.39, 0.29) is 11.8 Å². The van der Waals surface area contributed by atoms with E-state index in [0.29, 0.717) is 50.1 Å². The molecule has 2 aromatic heterocycles. The molecule has 5 rings (SSSR count). The van der Waals surface area contributed by atoms with Gasteiger partial charge in [0.15, 0.2) is 0 Å². The fourth-order valence-electron chi connectivity index (χ4n) is 4.67. The van der Waals surface area contributed by atoms with Crippen LogP contribution in [0.2, 0.25) is 0 Å². The number of nitrogens with zero attached hydrogens (tertiary/aromatic N) is 3. The summed E-state index contributed by atoms with van der Waals surface area (Å²) in [4.78, 5) is 33.9. The molecule has 7 heteroatoms. The molecule has 0 saturated carbocycles. The molecule has 0 aliphatic carbocycles. The van der Waals surface area contributed by atoms with E-state index in [1.165, 1.54) is 22.6 Å². The van der Waals surface area contributed by atoms with Crippen molar-refractivity contribution in [2.75, 3.05) is 31.1 Å². The molecule has 1 atom stereocenters. The fraction of sp³-hybridized carbons (Fsp3) is 0.360. The Bertz CT molecular complexity index is 1140. The second-order valence-corrected chi connectivity index (χ2v) is 9.85. The van der Waals surface area contributed by atoms with Gasteiger partial charge in [0.2, 0.25) is 0 Å². The summed E-state index contributed by atoms with van der Waals surface area (Å²) in [5, 5.41) is 0. The first-order valence-corrected chi connectivity index (χ1v) is 11.9. The second-order valence-electron chi connectivity index (χ2n) is 8.56. The molecule has 166 valence electrons. The number of amides is 2. The maximum atomic E-state index is 13.3. The Hall–Kier alpha value is -3.06. The summed E-state index contributed by atoms with van der Waals surface area (Å²) >= 11 is 1.52. The van der Waals surface area contributed by atoms with E-state index in [1.54, 1.807) is 12.3 Å². The van der Waals surface area contributed by atoms with Gasteiger partial charge in [-0.1, -0.05) is 18.2 Å². The third-order valence-corrected chi connectivity index (χ3v) is 7.43. The summed E-state index contributed by atoms with van der Waals surface area (Å²) in [6.45, 7) is 6.93. The van der Waals surface area contributed by atoms with Gasteiger partial charge < -0.3 is 19.1 Å². The predicted molar refractivity (Wildman–Crippen MR) is 125 cm³/mol. The Morgan fingerprint density at radius 3 is 2.44 bits per heavy atom. The Morgan fingerprint density at radius 2 is 1.72 bits per heavy atom. The Labute approximate surface area is 192 Å². The van der Waals surface area contributed by atoms with Gasteiger partial charge in [-0.15, -0.1) is 11.3 Å². The van der Waals surface area contributed by atoms with E-state index in [0.717, 1.165) is 16.2 Å². The number of aryl methyl sites for hydroxylation is 1. The van der Waals surface area contributed by atoms with Gasteiger partial charge >= 0.3 is 0 Å². The number of rotatable bonds is 4. The first-order chi connectivity index (χ1) is 15.5. The average Bonchev–Trinajstić information content (AvgIpc) is 3.52. The van der Waals surface area contributed by atoms with E-state index in [4.69, 9.17) is 4.42 Å². The van der Waals surface area contributed by atoms with Crippen molar-refractivity contribution in [1.29, 1.82) is 0 Å². The third kappa shape index (κ3) is 3.81. The first kappa shape index (κ1) is 20.8. The molecule has 1 unspecified atom stereocenters. The van der Waals surface area contributed by atoms with Gasteiger partial charge in [-0.3, -0.25) is 9.59 Å². The lowest BCUT2D eigenvalue weighted by atomic mass is 10.1. The van der Waals surface area contributed by atoms with Crippen molar-refractivity contribution >= 4 is 28.8 Å². The monoisotopic (exact) mass is 449 g/mol. The van der Waals surface area contributed by atoms with Crippen LogP contribution in [-0.2, 0) is 13.0 Å².